The van der Waals surface area contributed by atoms with Crippen LogP contribution in [0.3, 0.4) is 0 Å². The zero-order chi connectivity index (χ0) is 12.3. The molecule has 1 aromatic rings. The molecule has 0 fully saturated rings. The van der Waals surface area contributed by atoms with Gasteiger partial charge in [-0.2, -0.15) is 0 Å². The smallest absolute Gasteiger partial charge is 0.256 e. The fourth-order valence-electron chi connectivity index (χ4n) is 1.17. The highest BCUT2D eigenvalue weighted by molar-refractivity contribution is 9.10. The average molecular weight is 290 g/mol. The van der Waals surface area contributed by atoms with Crippen molar-refractivity contribution in [2.24, 2.45) is 0 Å². The van der Waals surface area contributed by atoms with E-state index < -0.39 is 11.7 Å². The number of hydrogen-bond donors (Lipinski definition) is 1. The lowest BCUT2D eigenvalue weighted by atomic mass is 10.1. The van der Waals surface area contributed by atoms with Crippen LogP contribution in [0.5, 0.6) is 0 Å². The Kier molecular flexibility index (Phi) is 4.44. The van der Waals surface area contributed by atoms with Crippen LogP contribution in [0.4, 0.5) is 4.39 Å². The van der Waals surface area contributed by atoms with Gasteiger partial charge in [0.1, 0.15) is 5.82 Å². The highest BCUT2D eigenvalue weighted by Gasteiger charge is 2.20. The Hall–Kier alpha value is -0.940. The maximum absolute atomic E-state index is 13.4. The Balaban J connectivity index is 3.00. The van der Waals surface area contributed by atoms with Gasteiger partial charge in [0.25, 0.3) is 5.91 Å². The van der Waals surface area contributed by atoms with Gasteiger partial charge in [0.15, 0.2) is 0 Å². The number of benzene rings is 1. The van der Waals surface area contributed by atoms with Gasteiger partial charge in [0.05, 0.1) is 18.2 Å². The summed E-state index contributed by atoms with van der Waals surface area (Å²) in [6.45, 7) is 1.53. The molecule has 0 aromatic heterocycles. The molecule has 1 atom stereocenters. The molecule has 0 heterocycles. The molecule has 1 amide bonds. The van der Waals surface area contributed by atoms with Crippen LogP contribution in [0.1, 0.15) is 17.3 Å². The maximum atomic E-state index is 13.4. The number of carbonyl (C=O) groups excluding carboxylic acids is 1. The van der Waals surface area contributed by atoms with Crippen LogP contribution in [-0.4, -0.2) is 35.6 Å². The van der Waals surface area contributed by atoms with Crippen LogP contribution < -0.4 is 0 Å². The van der Waals surface area contributed by atoms with Crippen molar-refractivity contribution in [3.63, 3.8) is 0 Å². The standard InChI is InChI=1S/C11H13BrFNO2/c1-7(6-15)14(2)11(16)9-5-8(12)3-4-10(9)13/h3-5,7,15H,6H2,1-2H3. The van der Waals surface area contributed by atoms with Crippen molar-refractivity contribution in [1.29, 1.82) is 0 Å². The summed E-state index contributed by atoms with van der Waals surface area (Å²) in [7, 11) is 1.53. The number of rotatable bonds is 3. The Morgan fingerprint density at radius 2 is 2.25 bits per heavy atom. The van der Waals surface area contributed by atoms with Gasteiger partial charge in [-0.15, -0.1) is 0 Å². The van der Waals surface area contributed by atoms with E-state index in [1.165, 1.54) is 30.1 Å². The van der Waals surface area contributed by atoms with Gasteiger partial charge in [-0.1, -0.05) is 15.9 Å². The Bertz CT molecular complexity index is 398. The number of amides is 1. The number of aliphatic hydroxyl groups excluding tert-OH is 1. The van der Waals surface area contributed by atoms with Crippen molar-refractivity contribution >= 4 is 21.8 Å². The molecule has 0 spiro atoms. The molecule has 1 rings (SSSR count). The lowest BCUT2D eigenvalue weighted by Crippen LogP contribution is -2.37. The molecule has 1 N–H and O–H groups in total. The number of likely N-dealkylation sites (N-methyl/N-ethyl adjacent to an activating group) is 1. The van der Waals surface area contributed by atoms with Gasteiger partial charge in [0, 0.05) is 11.5 Å². The molecule has 0 aliphatic carbocycles. The van der Waals surface area contributed by atoms with Crippen LogP contribution >= 0.6 is 15.9 Å². The van der Waals surface area contributed by atoms with Gasteiger partial charge in [-0.25, -0.2) is 4.39 Å². The zero-order valence-corrected chi connectivity index (χ0v) is 10.7. The topological polar surface area (TPSA) is 40.5 Å². The molecule has 0 radical (unpaired) electrons. The summed E-state index contributed by atoms with van der Waals surface area (Å²) in [6.07, 6.45) is 0. The fourth-order valence-corrected chi connectivity index (χ4v) is 1.54. The molecule has 0 aliphatic rings. The second kappa shape index (κ2) is 5.41. The van der Waals surface area contributed by atoms with Crippen molar-refractivity contribution in [3.8, 4) is 0 Å². The summed E-state index contributed by atoms with van der Waals surface area (Å²) in [5, 5.41) is 8.93. The maximum Gasteiger partial charge on any atom is 0.256 e. The number of aliphatic hydroxyl groups is 1. The van der Waals surface area contributed by atoms with Crippen LogP contribution in [0.2, 0.25) is 0 Å². The Morgan fingerprint density at radius 3 is 2.81 bits per heavy atom. The predicted molar refractivity (Wildman–Crippen MR) is 62.7 cm³/mol. The summed E-state index contributed by atoms with van der Waals surface area (Å²) in [5.41, 5.74) is -0.00262. The van der Waals surface area contributed by atoms with E-state index in [-0.39, 0.29) is 18.2 Å². The second-order valence-corrected chi connectivity index (χ2v) is 4.49. The van der Waals surface area contributed by atoms with Gasteiger partial charge in [0.2, 0.25) is 0 Å². The van der Waals surface area contributed by atoms with Gasteiger partial charge >= 0.3 is 0 Å². The third-order valence-electron chi connectivity index (χ3n) is 2.40. The van der Waals surface area contributed by atoms with Gasteiger partial charge in [-0.05, 0) is 25.1 Å². The Morgan fingerprint density at radius 1 is 1.62 bits per heavy atom. The summed E-state index contributed by atoms with van der Waals surface area (Å²) >= 11 is 3.18. The molecule has 1 aromatic carbocycles. The average Bonchev–Trinajstić information content (AvgIpc) is 2.29. The first-order valence-electron chi connectivity index (χ1n) is 4.80. The first-order valence-corrected chi connectivity index (χ1v) is 5.59. The van der Waals surface area contributed by atoms with E-state index in [1.54, 1.807) is 6.92 Å². The van der Waals surface area contributed by atoms with Crippen molar-refractivity contribution in [1.82, 2.24) is 4.90 Å². The molecule has 3 nitrogen and oxygen atoms in total. The molecule has 1 unspecified atom stereocenters. The SMILES string of the molecule is CC(CO)N(C)C(=O)c1cc(Br)ccc1F. The minimum Gasteiger partial charge on any atom is -0.394 e. The number of nitrogens with zero attached hydrogens (tertiary/aromatic N) is 1. The van der Waals surface area contributed by atoms with E-state index >= 15 is 0 Å². The number of hydrogen-bond acceptors (Lipinski definition) is 2. The summed E-state index contributed by atoms with van der Waals surface area (Å²) in [6, 6.07) is 3.85. The third kappa shape index (κ3) is 2.80. The van der Waals surface area contributed by atoms with Gasteiger partial charge < -0.3 is 10.0 Å². The normalized spacial score (nSPS) is 12.3. The Labute approximate surface area is 102 Å². The van der Waals surface area contributed by atoms with Crippen molar-refractivity contribution in [2.75, 3.05) is 13.7 Å². The first kappa shape index (κ1) is 13.1. The van der Waals surface area contributed by atoms with E-state index in [4.69, 9.17) is 5.11 Å². The zero-order valence-electron chi connectivity index (χ0n) is 9.08. The lowest BCUT2D eigenvalue weighted by molar-refractivity contribution is 0.0677. The van der Waals surface area contributed by atoms with Crippen molar-refractivity contribution < 1.29 is 14.3 Å². The highest BCUT2D eigenvalue weighted by atomic mass is 79.9. The third-order valence-corrected chi connectivity index (χ3v) is 2.90. The van der Waals surface area contributed by atoms with E-state index in [2.05, 4.69) is 15.9 Å². The number of carbonyl (C=O) groups is 1. The van der Waals surface area contributed by atoms with Crippen molar-refractivity contribution in [3.05, 3.63) is 34.1 Å². The summed E-state index contributed by atoms with van der Waals surface area (Å²) < 4.78 is 14.1. The predicted octanol–water partition coefficient (Wildman–Crippen LogP) is 2.04. The molecule has 88 valence electrons. The molecule has 0 saturated carbocycles. The quantitative estimate of drug-likeness (QED) is 0.925. The summed E-state index contributed by atoms with van der Waals surface area (Å²) in [5.74, 6) is -1.01. The van der Waals surface area contributed by atoms with E-state index in [1.807, 2.05) is 0 Å². The van der Waals surface area contributed by atoms with E-state index in [0.29, 0.717) is 4.47 Å². The fraction of sp³-hybridized carbons (Fsp3) is 0.364. The summed E-state index contributed by atoms with van der Waals surface area (Å²) in [4.78, 5) is 13.2. The first-order chi connectivity index (χ1) is 7.47. The molecule has 5 heteroatoms. The number of halogens is 2. The molecule has 0 saturated heterocycles. The minimum absolute atomic E-state index is 0.00262. The van der Waals surface area contributed by atoms with E-state index in [9.17, 15) is 9.18 Å². The largest absolute Gasteiger partial charge is 0.394 e. The van der Waals surface area contributed by atoms with Crippen molar-refractivity contribution in [2.45, 2.75) is 13.0 Å². The molecular formula is C11H13BrFNO2. The molecule has 0 aliphatic heterocycles. The van der Waals surface area contributed by atoms with Crippen LogP contribution in [0.15, 0.2) is 22.7 Å². The van der Waals surface area contributed by atoms with Gasteiger partial charge in [-0.3, -0.25) is 4.79 Å². The molecule has 16 heavy (non-hydrogen) atoms. The minimum atomic E-state index is -0.565. The van der Waals surface area contributed by atoms with Crippen LogP contribution in [0, 0.1) is 5.82 Å². The molecular weight excluding hydrogens is 277 g/mol. The van der Waals surface area contributed by atoms with Crippen LogP contribution in [0.25, 0.3) is 0 Å². The van der Waals surface area contributed by atoms with E-state index in [0.717, 1.165) is 0 Å². The highest BCUT2D eigenvalue weighted by Crippen LogP contribution is 2.17. The van der Waals surface area contributed by atoms with Crippen LogP contribution in [-0.2, 0) is 0 Å². The monoisotopic (exact) mass is 289 g/mol. The molecule has 0 bridgehead atoms. The lowest BCUT2D eigenvalue weighted by Gasteiger charge is -2.23. The second-order valence-electron chi connectivity index (χ2n) is 3.57.